The summed E-state index contributed by atoms with van der Waals surface area (Å²) in [4.78, 5) is 4.77. The topological polar surface area (TPSA) is 18.5 Å². The maximum Gasteiger partial charge on any atom is 0.0936 e. The molecule has 1 aromatic rings. The van der Waals surface area contributed by atoms with E-state index in [2.05, 4.69) is 47.6 Å². The van der Waals surface area contributed by atoms with Crippen LogP contribution in [-0.4, -0.2) is 51.2 Å². The molecule has 0 amide bonds. The number of rotatable bonds is 3. The first-order valence-corrected chi connectivity index (χ1v) is 6.72. The van der Waals surface area contributed by atoms with Gasteiger partial charge in [0.25, 0.3) is 0 Å². The SMILES string of the molecule is Cc1ccsc1N(C)CC1CN(C)CCN1. The molecule has 2 rings (SSSR count). The third-order valence-electron chi connectivity index (χ3n) is 3.13. The molecule has 1 aliphatic rings. The number of hydrogen-bond donors (Lipinski definition) is 1. The van der Waals surface area contributed by atoms with Gasteiger partial charge in [-0.1, -0.05) is 0 Å². The zero-order valence-corrected chi connectivity index (χ0v) is 11.2. The van der Waals surface area contributed by atoms with Crippen molar-refractivity contribution >= 4 is 16.3 Å². The molecule has 0 saturated carbocycles. The molecule has 3 nitrogen and oxygen atoms in total. The average molecular weight is 239 g/mol. The summed E-state index contributed by atoms with van der Waals surface area (Å²) in [5.41, 5.74) is 1.39. The highest BCUT2D eigenvalue weighted by Crippen LogP contribution is 2.25. The van der Waals surface area contributed by atoms with Gasteiger partial charge in [-0.25, -0.2) is 0 Å². The Morgan fingerprint density at radius 1 is 1.62 bits per heavy atom. The molecule has 1 N–H and O–H groups in total. The monoisotopic (exact) mass is 239 g/mol. The van der Waals surface area contributed by atoms with E-state index in [1.165, 1.54) is 10.6 Å². The molecule has 4 heteroatoms. The van der Waals surface area contributed by atoms with Gasteiger partial charge in [-0.2, -0.15) is 0 Å². The van der Waals surface area contributed by atoms with E-state index in [4.69, 9.17) is 0 Å². The predicted molar refractivity (Wildman–Crippen MR) is 71.6 cm³/mol. The van der Waals surface area contributed by atoms with Crippen LogP contribution in [0.3, 0.4) is 0 Å². The standard InChI is InChI=1S/C12H21N3S/c1-10-4-7-16-12(10)15(3)9-11-8-14(2)6-5-13-11/h4,7,11,13H,5-6,8-9H2,1-3H3. The van der Waals surface area contributed by atoms with Crippen molar-refractivity contribution in [2.24, 2.45) is 0 Å². The molecule has 1 atom stereocenters. The van der Waals surface area contributed by atoms with Crippen LogP contribution >= 0.6 is 11.3 Å². The van der Waals surface area contributed by atoms with Crippen LogP contribution in [0, 0.1) is 6.92 Å². The van der Waals surface area contributed by atoms with Crippen molar-refractivity contribution in [2.75, 3.05) is 45.2 Å². The number of piperazine rings is 1. The second-order valence-corrected chi connectivity index (χ2v) is 5.60. The Morgan fingerprint density at radius 3 is 3.06 bits per heavy atom. The van der Waals surface area contributed by atoms with Crippen molar-refractivity contribution in [1.82, 2.24) is 10.2 Å². The predicted octanol–water partition coefficient (Wildman–Crippen LogP) is 1.40. The number of likely N-dealkylation sites (N-methyl/N-ethyl adjacent to an activating group) is 2. The normalized spacial score (nSPS) is 22.3. The molecule has 16 heavy (non-hydrogen) atoms. The Labute approximate surface area is 102 Å². The molecule has 1 aromatic heterocycles. The second-order valence-electron chi connectivity index (χ2n) is 4.70. The Kier molecular flexibility index (Phi) is 3.84. The van der Waals surface area contributed by atoms with E-state index >= 15 is 0 Å². The summed E-state index contributed by atoms with van der Waals surface area (Å²) < 4.78 is 0. The van der Waals surface area contributed by atoms with Gasteiger partial charge in [0.1, 0.15) is 0 Å². The van der Waals surface area contributed by atoms with Gasteiger partial charge in [-0.15, -0.1) is 11.3 Å². The maximum atomic E-state index is 3.58. The lowest BCUT2D eigenvalue weighted by Crippen LogP contribution is -2.53. The molecule has 0 radical (unpaired) electrons. The summed E-state index contributed by atoms with van der Waals surface area (Å²) in [6.07, 6.45) is 0. The quantitative estimate of drug-likeness (QED) is 0.860. The van der Waals surface area contributed by atoms with E-state index in [-0.39, 0.29) is 0 Å². The Balaban J connectivity index is 1.92. The molecule has 0 spiro atoms. The van der Waals surface area contributed by atoms with Crippen molar-refractivity contribution < 1.29 is 0 Å². The highest BCUT2D eigenvalue weighted by Gasteiger charge is 2.18. The molecule has 0 aliphatic carbocycles. The lowest BCUT2D eigenvalue weighted by Gasteiger charge is -2.33. The fraction of sp³-hybridized carbons (Fsp3) is 0.667. The van der Waals surface area contributed by atoms with Crippen LogP contribution in [-0.2, 0) is 0 Å². The summed E-state index contributed by atoms with van der Waals surface area (Å²) in [5, 5.41) is 7.15. The Morgan fingerprint density at radius 2 is 2.44 bits per heavy atom. The number of nitrogens with one attached hydrogen (secondary N) is 1. The minimum Gasteiger partial charge on any atom is -0.365 e. The minimum atomic E-state index is 0.588. The van der Waals surface area contributed by atoms with Crippen LogP contribution in [0.2, 0.25) is 0 Å². The van der Waals surface area contributed by atoms with E-state index in [1.807, 2.05) is 11.3 Å². The van der Waals surface area contributed by atoms with Crippen LogP contribution in [0.1, 0.15) is 5.56 Å². The van der Waals surface area contributed by atoms with Gasteiger partial charge in [0.2, 0.25) is 0 Å². The van der Waals surface area contributed by atoms with Gasteiger partial charge in [-0.05, 0) is 31.0 Å². The molecule has 0 bridgehead atoms. The third kappa shape index (κ3) is 2.75. The third-order valence-corrected chi connectivity index (χ3v) is 4.26. The second kappa shape index (κ2) is 5.17. The van der Waals surface area contributed by atoms with Crippen molar-refractivity contribution in [2.45, 2.75) is 13.0 Å². The van der Waals surface area contributed by atoms with Gasteiger partial charge < -0.3 is 15.1 Å². The molecule has 1 unspecified atom stereocenters. The Hall–Kier alpha value is -0.580. The largest absolute Gasteiger partial charge is 0.365 e. The molecule has 1 aliphatic heterocycles. The van der Waals surface area contributed by atoms with Gasteiger partial charge >= 0.3 is 0 Å². The number of hydrogen-bond acceptors (Lipinski definition) is 4. The maximum absolute atomic E-state index is 3.58. The lowest BCUT2D eigenvalue weighted by atomic mass is 10.2. The number of thiophene rings is 1. The first-order valence-electron chi connectivity index (χ1n) is 5.84. The van der Waals surface area contributed by atoms with Gasteiger partial charge in [0.05, 0.1) is 5.00 Å². The van der Waals surface area contributed by atoms with Gasteiger partial charge in [-0.3, -0.25) is 0 Å². The summed E-state index contributed by atoms with van der Waals surface area (Å²) in [6, 6.07) is 2.78. The van der Waals surface area contributed by atoms with Gasteiger partial charge in [0.15, 0.2) is 0 Å². The summed E-state index contributed by atoms with van der Waals surface area (Å²) >= 11 is 1.83. The average Bonchev–Trinajstić information content (AvgIpc) is 2.64. The Bertz CT molecular complexity index is 337. The van der Waals surface area contributed by atoms with Crippen LogP contribution in [0.15, 0.2) is 11.4 Å². The zero-order chi connectivity index (χ0) is 11.5. The summed E-state index contributed by atoms with van der Waals surface area (Å²) in [7, 11) is 4.39. The molecule has 1 fully saturated rings. The molecule has 90 valence electrons. The van der Waals surface area contributed by atoms with Crippen molar-refractivity contribution in [3.05, 3.63) is 17.0 Å². The summed E-state index contributed by atoms with van der Waals surface area (Å²) in [5.74, 6) is 0. The summed E-state index contributed by atoms with van der Waals surface area (Å²) in [6.45, 7) is 6.69. The highest BCUT2D eigenvalue weighted by atomic mass is 32.1. The minimum absolute atomic E-state index is 0.588. The first kappa shape index (κ1) is 11.9. The molecule has 2 heterocycles. The van der Waals surface area contributed by atoms with Gasteiger partial charge in [0, 0.05) is 39.3 Å². The van der Waals surface area contributed by atoms with E-state index in [9.17, 15) is 0 Å². The van der Waals surface area contributed by atoms with E-state index in [1.54, 1.807) is 0 Å². The zero-order valence-electron chi connectivity index (χ0n) is 10.4. The molecular weight excluding hydrogens is 218 g/mol. The fourth-order valence-electron chi connectivity index (χ4n) is 2.28. The first-order chi connectivity index (χ1) is 7.66. The van der Waals surface area contributed by atoms with Crippen molar-refractivity contribution in [3.8, 4) is 0 Å². The number of anilines is 1. The van der Waals surface area contributed by atoms with Crippen LogP contribution in [0.4, 0.5) is 5.00 Å². The molecular formula is C12H21N3S. The van der Waals surface area contributed by atoms with E-state index < -0.39 is 0 Å². The van der Waals surface area contributed by atoms with Crippen molar-refractivity contribution in [1.29, 1.82) is 0 Å². The molecule has 0 aromatic carbocycles. The van der Waals surface area contributed by atoms with Crippen molar-refractivity contribution in [3.63, 3.8) is 0 Å². The van der Waals surface area contributed by atoms with E-state index in [0.29, 0.717) is 6.04 Å². The van der Waals surface area contributed by atoms with Crippen LogP contribution < -0.4 is 10.2 Å². The highest BCUT2D eigenvalue weighted by molar-refractivity contribution is 7.14. The number of nitrogens with zero attached hydrogens (tertiary/aromatic N) is 2. The van der Waals surface area contributed by atoms with Crippen LogP contribution in [0.25, 0.3) is 0 Å². The van der Waals surface area contributed by atoms with E-state index in [0.717, 1.165) is 26.2 Å². The lowest BCUT2D eigenvalue weighted by molar-refractivity contribution is 0.241. The van der Waals surface area contributed by atoms with Crippen LogP contribution in [0.5, 0.6) is 0 Å². The fourth-order valence-corrected chi connectivity index (χ4v) is 3.19. The molecule has 1 saturated heterocycles. The number of aryl methyl sites for hydroxylation is 1. The smallest absolute Gasteiger partial charge is 0.0936 e.